The number of primary amides is 1. The molecule has 176 valence electrons. The summed E-state index contributed by atoms with van der Waals surface area (Å²) in [5.74, 6) is -2.21. The summed E-state index contributed by atoms with van der Waals surface area (Å²) >= 11 is 0. The van der Waals surface area contributed by atoms with Gasteiger partial charge in [-0.1, -0.05) is 30.3 Å². The summed E-state index contributed by atoms with van der Waals surface area (Å²) in [6.07, 6.45) is -0.757. The monoisotopic (exact) mass is 452 g/mol. The fourth-order valence-corrected chi connectivity index (χ4v) is 2.31. The van der Waals surface area contributed by atoms with Crippen molar-refractivity contribution in [2.24, 2.45) is 11.5 Å². The van der Waals surface area contributed by atoms with E-state index in [4.69, 9.17) is 16.2 Å². The van der Waals surface area contributed by atoms with Crippen molar-refractivity contribution in [1.29, 1.82) is 0 Å². The molecule has 13 nitrogen and oxygen atoms in total. The molecule has 0 radical (unpaired) electrons. The van der Waals surface area contributed by atoms with E-state index in [1.807, 2.05) is 6.07 Å². The van der Waals surface area contributed by atoms with Crippen LogP contribution in [-0.4, -0.2) is 75.3 Å². The molecule has 1 aromatic carbocycles. The maximum Gasteiger partial charge on any atom is 0.404 e. The second-order valence-electron chi connectivity index (χ2n) is 6.33. The largest absolute Gasteiger partial charge is 0.447 e. The highest BCUT2D eigenvalue weighted by Crippen LogP contribution is 2.03. The first-order chi connectivity index (χ1) is 15.3. The number of hydrogen-bond donors (Lipinski definition) is 6. The van der Waals surface area contributed by atoms with Gasteiger partial charge >= 0.3 is 6.09 Å². The van der Waals surface area contributed by atoms with E-state index in [-0.39, 0.29) is 46.0 Å². The average molecular weight is 452 g/mol. The highest BCUT2D eigenvalue weighted by Gasteiger charge is 2.22. The van der Waals surface area contributed by atoms with E-state index in [0.717, 1.165) is 5.56 Å². The Bertz CT molecular complexity index is 775. The van der Waals surface area contributed by atoms with E-state index in [1.54, 1.807) is 24.3 Å². The van der Waals surface area contributed by atoms with Gasteiger partial charge in [0.2, 0.25) is 23.6 Å². The van der Waals surface area contributed by atoms with Crippen molar-refractivity contribution < 1.29 is 33.4 Å². The molecular weight excluding hydrogens is 424 g/mol. The molecule has 5 amide bonds. The van der Waals surface area contributed by atoms with E-state index in [2.05, 4.69) is 26.0 Å². The van der Waals surface area contributed by atoms with Crippen molar-refractivity contribution in [2.75, 3.05) is 39.6 Å². The Labute approximate surface area is 184 Å². The van der Waals surface area contributed by atoms with Crippen LogP contribution in [0.3, 0.4) is 0 Å². The number of carbonyl (C=O) groups is 5. The number of ether oxygens (including phenoxy) is 2. The van der Waals surface area contributed by atoms with Gasteiger partial charge in [-0.25, -0.2) is 4.79 Å². The lowest BCUT2D eigenvalue weighted by Gasteiger charge is -2.19. The van der Waals surface area contributed by atoms with Gasteiger partial charge in [-0.05, 0) is 5.56 Å². The van der Waals surface area contributed by atoms with Crippen molar-refractivity contribution in [3.8, 4) is 0 Å². The summed E-state index contributed by atoms with van der Waals surface area (Å²) in [5, 5.41) is 9.68. The first kappa shape index (κ1) is 26.3. The maximum absolute atomic E-state index is 12.6. The van der Waals surface area contributed by atoms with Crippen LogP contribution in [0.2, 0.25) is 0 Å². The minimum atomic E-state index is -0.977. The third-order valence-electron chi connectivity index (χ3n) is 3.83. The van der Waals surface area contributed by atoms with E-state index >= 15 is 0 Å². The second kappa shape index (κ2) is 15.1. The van der Waals surface area contributed by atoms with E-state index < -0.39 is 35.8 Å². The molecule has 0 saturated heterocycles. The highest BCUT2D eigenvalue weighted by molar-refractivity contribution is 5.92. The van der Waals surface area contributed by atoms with Gasteiger partial charge in [-0.3, -0.25) is 19.2 Å². The standard InChI is InChI=1S/C19H28N6O7/c20-9-15(26)22-11-17(28)25-14(8-13-4-2-1-3-5-13)18(29)23-10-16(27)24-12-31-6-7-32-19(21)30/h1-5,14H,6-12,20H2,(H2,21,30)(H,22,26)(H,23,29)(H,24,27)(H,25,28)/t14-/m0/s1. The molecule has 1 atom stereocenters. The third-order valence-corrected chi connectivity index (χ3v) is 3.83. The Balaban J connectivity index is 2.50. The molecule has 0 unspecified atom stereocenters. The number of nitrogens with two attached hydrogens (primary N) is 2. The van der Waals surface area contributed by atoms with Crippen molar-refractivity contribution in [3.63, 3.8) is 0 Å². The Morgan fingerprint density at radius 1 is 0.875 bits per heavy atom. The zero-order valence-electron chi connectivity index (χ0n) is 17.4. The molecule has 1 aromatic rings. The molecular formula is C19H28N6O7. The third kappa shape index (κ3) is 12.1. The van der Waals surface area contributed by atoms with Crippen LogP contribution >= 0.6 is 0 Å². The van der Waals surface area contributed by atoms with Crippen molar-refractivity contribution in [2.45, 2.75) is 12.5 Å². The highest BCUT2D eigenvalue weighted by atomic mass is 16.6. The molecule has 0 spiro atoms. The quantitative estimate of drug-likeness (QED) is 0.127. The van der Waals surface area contributed by atoms with Gasteiger partial charge in [0.15, 0.2) is 0 Å². The summed E-state index contributed by atoms with van der Waals surface area (Å²) in [5.41, 5.74) is 10.7. The van der Waals surface area contributed by atoms with Crippen LogP contribution in [0.15, 0.2) is 30.3 Å². The summed E-state index contributed by atoms with van der Waals surface area (Å²) in [6.45, 7) is -1.16. The minimum Gasteiger partial charge on any atom is -0.447 e. The summed E-state index contributed by atoms with van der Waals surface area (Å²) in [4.78, 5) is 58.1. The van der Waals surface area contributed by atoms with Gasteiger partial charge in [0, 0.05) is 6.42 Å². The predicted octanol–water partition coefficient (Wildman–Crippen LogP) is -2.91. The van der Waals surface area contributed by atoms with Crippen LogP contribution < -0.4 is 32.7 Å². The number of amides is 5. The van der Waals surface area contributed by atoms with Crippen LogP contribution in [0.4, 0.5) is 4.79 Å². The van der Waals surface area contributed by atoms with E-state index in [9.17, 15) is 24.0 Å². The minimum absolute atomic E-state index is 0.0292. The molecule has 0 bridgehead atoms. The van der Waals surface area contributed by atoms with Gasteiger partial charge in [0.1, 0.15) is 19.4 Å². The van der Waals surface area contributed by atoms with Crippen LogP contribution in [0.1, 0.15) is 5.56 Å². The zero-order valence-corrected chi connectivity index (χ0v) is 17.4. The van der Waals surface area contributed by atoms with Gasteiger partial charge < -0.3 is 42.2 Å². The molecule has 13 heteroatoms. The predicted molar refractivity (Wildman–Crippen MR) is 112 cm³/mol. The van der Waals surface area contributed by atoms with Crippen LogP contribution in [0.5, 0.6) is 0 Å². The van der Waals surface area contributed by atoms with Gasteiger partial charge in [-0.15, -0.1) is 0 Å². The number of carbonyl (C=O) groups excluding carboxylic acids is 5. The van der Waals surface area contributed by atoms with E-state index in [1.165, 1.54) is 0 Å². The van der Waals surface area contributed by atoms with Gasteiger partial charge in [0.25, 0.3) is 0 Å². The summed E-state index contributed by atoms with van der Waals surface area (Å²) in [7, 11) is 0. The lowest BCUT2D eigenvalue weighted by Crippen LogP contribution is -2.52. The molecule has 0 heterocycles. The fraction of sp³-hybridized carbons (Fsp3) is 0.421. The van der Waals surface area contributed by atoms with Crippen LogP contribution in [-0.2, 0) is 35.1 Å². The maximum atomic E-state index is 12.6. The number of nitrogens with one attached hydrogen (secondary N) is 4. The Morgan fingerprint density at radius 3 is 2.22 bits per heavy atom. The number of benzene rings is 1. The smallest absolute Gasteiger partial charge is 0.404 e. The first-order valence-corrected chi connectivity index (χ1v) is 9.66. The van der Waals surface area contributed by atoms with E-state index in [0.29, 0.717) is 0 Å². The van der Waals surface area contributed by atoms with Gasteiger partial charge in [-0.2, -0.15) is 0 Å². The average Bonchev–Trinajstić information content (AvgIpc) is 2.78. The summed E-state index contributed by atoms with van der Waals surface area (Å²) < 4.78 is 9.47. The summed E-state index contributed by atoms with van der Waals surface area (Å²) in [6, 6.07) is 7.98. The SMILES string of the molecule is NCC(=O)NCC(=O)N[C@@H](Cc1ccccc1)C(=O)NCC(=O)NCOCCOC(N)=O. The van der Waals surface area contributed by atoms with Crippen molar-refractivity contribution >= 4 is 29.7 Å². The lowest BCUT2D eigenvalue weighted by molar-refractivity contribution is -0.131. The molecule has 0 fully saturated rings. The fourth-order valence-electron chi connectivity index (χ4n) is 2.31. The number of hydrogen-bond acceptors (Lipinski definition) is 8. The molecule has 1 rings (SSSR count). The topological polar surface area (TPSA) is 204 Å². The molecule has 32 heavy (non-hydrogen) atoms. The second-order valence-corrected chi connectivity index (χ2v) is 6.33. The van der Waals surface area contributed by atoms with Crippen molar-refractivity contribution in [1.82, 2.24) is 21.3 Å². The first-order valence-electron chi connectivity index (χ1n) is 9.66. The molecule has 0 saturated carbocycles. The van der Waals surface area contributed by atoms with Crippen molar-refractivity contribution in [3.05, 3.63) is 35.9 Å². The Hall–Kier alpha value is -3.71. The van der Waals surface area contributed by atoms with Gasteiger partial charge in [0.05, 0.1) is 26.2 Å². The van der Waals surface area contributed by atoms with Crippen LogP contribution in [0.25, 0.3) is 0 Å². The van der Waals surface area contributed by atoms with Crippen LogP contribution in [0, 0.1) is 0 Å². The number of rotatable bonds is 14. The Kier molecular flexibility index (Phi) is 12.5. The molecule has 0 aliphatic carbocycles. The molecule has 0 aliphatic rings. The lowest BCUT2D eigenvalue weighted by atomic mass is 10.1. The molecule has 8 N–H and O–H groups in total. The zero-order chi connectivity index (χ0) is 23.8. The normalized spacial score (nSPS) is 11.0. The molecule has 0 aliphatic heterocycles. The Morgan fingerprint density at radius 2 is 1.56 bits per heavy atom. The molecule has 0 aromatic heterocycles.